The van der Waals surface area contributed by atoms with Gasteiger partial charge in [0, 0.05) is 28.3 Å². The highest BCUT2D eigenvalue weighted by atomic mass is 32.2. The zero-order valence-electron chi connectivity index (χ0n) is 10.4. The fourth-order valence-electron chi connectivity index (χ4n) is 2.32. The van der Waals surface area contributed by atoms with Crippen LogP contribution >= 0.6 is 0 Å². The van der Waals surface area contributed by atoms with Crippen molar-refractivity contribution in [2.45, 2.75) is 44.4 Å². The molecule has 2 rings (SSSR count). The molecule has 1 aliphatic rings. The van der Waals surface area contributed by atoms with Crippen LogP contribution in [0.15, 0.2) is 18.2 Å². The first-order valence-corrected chi connectivity index (χ1v) is 7.89. The number of rotatable bonds is 5. The topological polar surface area (TPSA) is 43.1 Å². The summed E-state index contributed by atoms with van der Waals surface area (Å²) in [4.78, 5) is 0. The summed E-state index contributed by atoms with van der Waals surface area (Å²) >= 11 is 0. The summed E-state index contributed by atoms with van der Waals surface area (Å²) in [5, 5.41) is 0. The molecule has 2 unspecified atom stereocenters. The van der Waals surface area contributed by atoms with Gasteiger partial charge >= 0.3 is 0 Å². The second-order valence-corrected chi connectivity index (χ2v) is 6.38. The highest BCUT2D eigenvalue weighted by Crippen LogP contribution is 2.23. The standard InChI is InChI=1S/C14H21NOS/c1-2-14(15)10-17(16)9-11-6-7-12-4-3-5-13(12)8-11/h6-8,14H,2-5,9-10,15H2,1H3. The fourth-order valence-corrected chi connectivity index (χ4v) is 3.70. The monoisotopic (exact) mass is 251 g/mol. The molecule has 3 heteroatoms. The average Bonchev–Trinajstić information content (AvgIpc) is 2.75. The number of hydrogen-bond donors (Lipinski definition) is 1. The molecular formula is C14H21NOS. The summed E-state index contributed by atoms with van der Waals surface area (Å²) in [6.07, 6.45) is 4.56. The van der Waals surface area contributed by atoms with Crippen molar-refractivity contribution in [1.29, 1.82) is 0 Å². The summed E-state index contributed by atoms with van der Waals surface area (Å²) in [7, 11) is -0.822. The van der Waals surface area contributed by atoms with Gasteiger partial charge in [-0.15, -0.1) is 0 Å². The Kier molecular flexibility index (Phi) is 4.35. The maximum Gasteiger partial charge on any atom is 0.0486 e. The molecule has 0 aromatic heterocycles. The molecule has 1 aromatic rings. The normalized spacial score (nSPS) is 17.8. The van der Waals surface area contributed by atoms with Crippen LogP contribution in [0.5, 0.6) is 0 Å². The van der Waals surface area contributed by atoms with E-state index < -0.39 is 10.8 Å². The molecule has 2 nitrogen and oxygen atoms in total. The van der Waals surface area contributed by atoms with Crippen molar-refractivity contribution in [2.24, 2.45) is 5.73 Å². The van der Waals surface area contributed by atoms with Crippen LogP contribution in [0, 0.1) is 0 Å². The van der Waals surface area contributed by atoms with Gasteiger partial charge in [0.05, 0.1) is 0 Å². The van der Waals surface area contributed by atoms with E-state index in [0.29, 0.717) is 11.5 Å². The third-order valence-corrected chi connectivity index (χ3v) is 4.87. The van der Waals surface area contributed by atoms with Gasteiger partial charge in [-0.1, -0.05) is 25.1 Å². The van der Waals surface area contributed by atoms with E-state index in [9.17, 15) is 4.21 Å². The molecule has 1 aromatic carbocycles. The van der Waals surface area contributed by atoms with Crippen LogP contribution in [-0.2, 0) is 29.4 Å². The van der Waals surface area contributed by atoms with Gasteiger partial charge in [0.2, 0.25) is 0 Å². The first kappa shape index (κ1) is 12.8. The molecule has 2 N–H and O–H groups in total. The third kappa shape index (κ3) is 3.39. The van der Waals surface area contributed by atoms with Crippen molar-refractivity contribution in [2.75, 3.05) is 5.75 Å². The Balaban J connectivity index is 1.97. The zero-order valence-corrected chi connectivity index (χ0v) is 11.3. The minimum Gasteiger partial charge on any atom is -0.327 e. The van der Waals surface area contributed by atoms with E-state index in [1.807, 2.05) is 6.92 Å². The van der Waals surface area contributed by atoms with E-state index in [2.05, 4.69) is 18.2 Å². The van der Waals surface area contributed by atoms with Gasteiger partial charge in [0.25, 0.3) is 0 Å². The van der Waals surface area contributed by atoms with Crippen molar-refractivity contribution < 1.29 is 4.21 Å². The Morgan fingerprint density at radius 2 is 2.12 bits per heavy atom. The first-order valence-electron chi connectivity index (χ1n) is 6.40. The predicted octanol–water partition coefficient (Wildman–Crippen LogP) is 2.16. The smallest absolute Gasteiger partial charge is 0.0486 e. The lowest BCUT2D eigenvalue weighted by Crippen LogP contribution is -2.26. The summed E-state index contributed by atoms with van der Waals surface area (Å²) in [5.41, 5.74) is 9.96. The van der Waals surface area contributed by atoms with E-state index in [-0.39, 0.29) is 6.04 Å². The van der Waals surface area contributed by atoms with Crippen LogP contribution in [0.4, 0.5) is 0 Å². The molecule has 94 valence electrons. The first-order chi connectivity index (χ1) is 8.19. The zero-order chi connectivity index (χ0) is 12.3. The van der Waals surface area contributed by atoms with Crippen molar-refractivity contribution in [3.05, 3.63) is 34.9 Å². The SMILES string of the molecule is CCC(N)CS(=O)Cc1ccc2c(c1)CCC2. The summed E-state index contributed by atoms with van der Waals surface area (Å²) in [6.45, 7) is 2.04. The molecule has 17 heavy (non-hydrogen) atoms. The van der Waals surface area contributed by atoms with E-state index in [1.165, 1.54) is 36.0 Å². The van der Waals surface area contributed by atoms with Crippen LogP contribution in [-0.4, -0.2) is 16.0 Å². The van der Waals surface area contributed by atoms with Gasteiger partial charge in [-0.05, 0) is 42.4 Å². The molecule has 0 spiro atoms. The molecule has 1 aliphatic carbocycles. The van der Waals surface area contributed by atoms with Crippen molar-refractivity contribution in [3.63, 3.8) is 0 Å². The van der Waals surface area contributed by atoms with Gasteiger partial charge in [-0.3, -0.25) is 4.21 Å². The van der Waals surface area contributed by atoms with E-state index >= 15 is 0 Å². The van der Waals surface area contributed by atoms with Gasteiger partial charge < -0.3 is 5.73 Å². The molecule has 2 atom stereocenters. The van der Waals surface area contributed by atoms with Gasteiger partial charge in [-0.25, -0.2) is 0 Å². The Labute approximate surface area is 106 Å². The third-order valence-electron chi connectivity index (χ3n) is 3.41. The van der Waals surface area contributed by atoms with Crippen LogP contribution in [0.1, 0.15) is 36.5 Å². The van der Waals surface area contributed by atoms with Gasteiger partial charge in [0.1, 0.15) is 0 Å². The molecule has 0 fully saturated rings. The van der Waals surface area contributed by atoms with E-state index in [0.717, 1.165) is 6.42 Å². The van der Waals surface area contributed by atoms with Crippen LogP contribution in [0.25, 0.3) is 0 Å². The Bertz CT molecular complexity index is 417. The lowest BCUT2D eigenvalue weighted by atomic mass is 10.1. The van der Waals surface area contributed by atoms with Crippen molar-refractivity contribution in [1.82, 2.24) is 0 Å². The largest absolute Gasteiger partial charge is 0.327 e. The highest BCUT2D eigenvalue weighted by molar-refractivity contribution is 7.84. The lowest BCUT2D eigenvalue weighted by Gasteiger charge is -2.09. The van der Waals surface area contributed by atoms with Crippen LogP contribution in [0.2, 0.25) is 0 Å². The molecule has 0 heterocycles. The van der Waals surface area contributed by atoms with Crippen molar-refractivity contribution in [3.8, 4) is 0 Å². The second-order valence-electron chi connectivity index (χ2n) is 4.88. The molecule has 0 saturated carbocycles. The van der Waals surface area contributed by atoms with Crippen LogP contribution in [0.3, 0.4) is 0 Å². The molecule has 0 aliphatic heterocycles. The fraction of sp³-hybridized carbons (Fsp3) is 0.571. The Hall–Kier alpha value is -0.670. The molecule has 0 bridgehead atoms. The molecule has 0 amide bonds. The Morgan fingerprint density at radius 1 is 1.35 bits per heavy atom. The number of benzene rings is 1. The number of hydrogen-bond acceptors (Lipinski definition) is 2. The minimum atomic E-state index is -0.822. The maximum atomic E-state index is 11.9. The van der Waals surface area contributed by atoms with E-state index in [1.54, 1.807) is 0 Å². The lowest BCUT2D eigenvalue weighted by molar-refractivity contribution is 0.663. The van der Waals surface area contributed by atoms with Crippen molar-refractivity contribution >= 4 is 10.8 Å². The quantitative estimate of drug-likeness (QED) is 0.871. The number of aryl methyl sites for hydroxylation is 2. The predicted molar refractivity (Wildman–Crippen MR) is 73.4 cm³/mol. The van der Waals surface area contributed by atoms with Gasteiger partial charge in [-0.2, -0.15) is 0 Å². The number of nitrogens with two attached hydrogens (primary N) is 1. The molecular weight excluding hydrogens is 230 g/mol. The average molecular weight is 251 g/mol. The summed E-state index contributed by atoms with van der Waals surface area (Å²) in [6, 6.07) is 6.64. The maximum absolute atomic E-state index is 11.9. The Morgan fingerprint density at radius 3 is 2.88 bits per heavy atom. The van der Waals surface area contributed by atoms with Gasteiger partial charge in [0.15, 0.2) is 0 Å². The van der Waals surface area contributed by atoms with Crippen LogP contribution < -0.4 is 5.73 Å². The molecule has 0 radical (unpaired) electrons. The summed E-state index contributed by atoms with van der Waals surface area (Å²) in [5.74, 6) is 1.27. The minimum absolute atomic E-state index is 0.0743. The summed E-state index contributed by atoms with van der Waals surface area (Å²) < 4.78 is 11.9. The second kappa shape index (κ2) is 5.78. The number of fused-ring (bicyclic) bond motifs is 1. The highest BCUT2D eigenvalue weighted by Gasteiger charge is 2.12. The van der Waals surface area contributed by atoms with E-state index in [4.69, 9.17) is 5.73 Å². The molecule has 0 saturated heterocycles.